The Morgan fingerprint density at radius 1 is 1.28 bits per heavy atom. The van der Waals surface area contributed by atoms with Crippen LogP contribution in [0.25, 0.3) is 0 Å². The van der Waals surface area contributed by atoms with E-state index in [2.05, 4.69) is 27.2 Å². The van der Waals surface area contributed by atoms with Crippen LogP contribution in [0, 0.1) is 18.3 Å². The van der Waals surface area contributed by atoms with E-state index in [1.807, 2.05) is 13.0 Å². The van der Waals surface area contributed by atoms with Crippen molar-refractivity contribution in [2.45, 2.75) is 19.9 Å². The number of hydrogen-bond donors (Lipinski definition) is 0. The average molecular weight is 343 g/mol. The van der Waals surface area contributed by atoms with Gasteiger partial charge in [-0.25, -0.2) is 0 Å². The predicted octanol–water partition coefficient (Wildman–Crippen LogP) is 1.80. The third kappa shape index (κ3) is 2.67. The lowest BCUT2D eigenvalue weighted by molar-refractivity contribution is 0.122. The fraction of sp³-hybridized carbons (Fsp3) is 0.556. The molecule has 0 saturated carbocycles. The van der Waals surface area contributed by atoms with Crippen molar-refractivity contribution in [2.75, 3.05) is 33.1 Å². The molecule has 3 aliphatic heterocycles. The van der Waals surface area contributed by atoms with Crippen LogP contribution in [0.2, 0.25) is 0 Å². The molecule has 0 N–H and O–H groups in total. The average Bonchev–Trinajstić information content (AvgIpc) is 3.32. The summed E-state index contributed by atoms with van der Waals surface area (Å²) in [6.45, 7) is 6.65. The Hall–Kier alpha value is -2.12. The molecule has 2 aromatic rings. The van der Waals surface area contributed by atoms with E-state index in [0.29, 0.717) is 18.5 Å². The fourth-order valence-corrected chi connectivity index (χ4v) is 4.32. The second-order valence-electron chi connectivity index (χ2n) is 7.34. The molecule has 2 saturated heterocycles. The summed E-state index contributed by atoms with van der Waals surface area (Å²) in [4.78, 5) is 6.89. The molecule has 132 valence electrons. The molecule has 7 heteroatoms. The number of nitrogens with zero attached hydrogens (tertiary/aromatic N) is 3. The molecule has 2 atom stereocenters. The molecule has 0 radical (unpaired) electrons. The molecule has 0 spiro atoms. The first-order chi connectivity index (χ1) is 12.2. The zero-order valence-corrected chi connectivity index (χ0v) is 14.2. The van der Waals surface area contributed by atoms with E-state index >= 15 is 0 Å². The summed E-state index contributed by atoms with van der Waals surface area (Å²) < 4.78 is 22.1. The Labute approximate surface area is 145 Å². The maximum Gasteiger partial charge on any atom is 0.231 e. The molecule has 0 amide bonds. The number of likely N-dealkylation sites (tertiary alicyclic amines) is 1. The van der Waals surface area contributed by atoms with Gasteiger partial charge in [-0.2, -0.15) is 4.98 Å². The summed E-state index contributed by atoms with van der Waals surface area (Å²) in [5.41, 5.74) is 1.32. The van der Waals surface area contributed by atoms with Crippen molar-refractivity contribution in [3.8, 4) is 11.5 Å². The van der Waals surface area contributed by atoms with E-state index in [-0.39, 0.29) is 5.41 Å². The SMILES string of the molecule is Cc1noc(C[C@]23COC[C@H]2CN(Cc2ccc4c(c2)OCO4)C3)n1. The summed E-state index contributed by atoms with van der Waals surface area (Å²) in [5, 5.41) is 3.92. The third-order valence-electron chi connectivity index (χ3n) is 5.51. The minimum absolute atomic E-state index is 0.0787. The van der Waals surface area contributed by atoms with E-state index in [9.17, 15) is 0 Å². The lowest BCUT2D eigenvalue weighted by atomic mass is 9.78. The van der Waals surface area contributed by atoms with E-state index in [1.165, 1.54) is 5.56 Å². The largest absolute Gasteiger partial charge is 0.454 e. The number of aromatic nitrogens is 2. The van der Waals surface area contributed by atoms with Gasteiger partial charge in [0.2, 0.25) is 12.7 Å². The first-order valence-electron chi connectivity index (χ1n) is 8.68. The van der Waals surface area contributed by atoms with Gasteiger partial charge in [-0.05, 0) is 24.6 Å². The highest BCUT2D eigenvalue weighted by atomic mass is 16.7. The topological polar surface area (TPSA) is 69.9 Å². The van der Waals surface area contributed by atoms with Gasteiger partial charge in [-0.15, -0.1) is 0 Å². The standard InChI is InChI=1S/C18H21N3O4/c1-12-19-17(25-20-12)5-18-9-21(7-14(18)8-22-10-18)6-13-2-3-15-16(4-13)24-11-23-15/h2-4,14H,5-11H2,1H3/t14-,18+/m1/s1. The zero-order chi connectivity index (χ0) is 16.9. The Balaban J connectivity index is 1.32. The summed E-state index contributed by atoms with van der Waals surface area (Å²) >= 11 is 0. The highest BCUT2D eigenvalue weighted by Crippen LogP contribution is 2.44. The summed E-state index contributed by atoms with van der Waals surface area (Å²) in [6, 6.07) is 6.20. The molecule has 1 aromatic carbocycles. The molecule has 4 heterocycles. The number of aryl methyl sites for hydroxylation is 1. The Morgan fingerprint density at radius 2 is 2.20 bits per heavy atom. The molecule has 5 rings (SSSR count). The molecule has 25 heavy (non-hydrogen) atoms. The number of benzene rings is 1. The number of fused-ring (bicyclic) bond motifs is 2. The van der Waals surface area contributed by atoms with Crippen LogP contribution < -0.4 is 9.47 Å². The Bertz CT molecular complexity index is 792. The molecule has 3 aliphatic rings. The van der Waals surface area contributed by atoms with Crippen LogP contribution in [0.1, 0.15) is 17.3 Å². The quantitative estimate of drug-likeness (QED) is 0.838. The Morgan fingerprint density at radius 3 is 3.08 bits per heavy atom. The second-order valence-corrected chi connectivity index (χ2v) is 7.34. The number of rotatable bonds is 4. The van der Waals surface area contributed by atoms with Crippen LogP contribution in [0.4, 0.5) is 0 Å². The minimum atomic E-state index is 0.0787. The molecule has 0 unspecified atom stereocenters. The minimum Gasteiger partial charge on any atom is -0.454 e. The maximum absolute atomic E-state index is 5.80. The van der Waals surface area contributed by atoms with Crippen molar-refractivity contribution in [2.24, 2.45) is 11.3 Å². The van der Waals surface area contributed by atoms with Crippen LogP contribution >= 0.6 is 0 Å². The van der Waals surface area contributed by atoms with Gasteiger partial charge in [0, 0.05) is 37.4 Å². The van der Waals surface area contributed by atoms with Gasteiger partial charge in [0.15, 0.2) is 17.3 Å². The first-order valence-corrected chi connectivity index (χ1v) is 8.68. The maximum atomic E-state index is 5.80. The molecule has 2 fully saturated rings. The van der Waals surface area contributed by atoms with Gasteiger partial charge in [-0.3, -0.25) is 4.90 Å². The van der Waals surface area contributed by atoms with Gasteiger partial charge < -0.3 is 18.7 Å². The molecule has 0 aliphatic carbocycles. The molecular weight excluding hydrogens is 322 g/mol. The monoisotopic (exact) mass is 343 g/mol. The normalized spacial score (nSPS) is 27.8. The highest BCUT2D eigenvalue weighted by molar-refractivity contribution is 5.44. The van der Waals surface area contributed by atoms with Crippen molar-refractivity contribution < 1.29 is 18.7 Å². The van der Waals surface area contributed by atoms with E-state index in [0.717, 1.165) is 56.7 Å². The van der Waals surface area contributed by atoms with Crippen molar-refractivity contribution in [3.05, 3.63) is 35.5 Å². The summed E-state index contributed by atoms with van der Waals surface area (Å²) in [6.07, 6.45) is 0.788. The Kier molecular flexibility index (Phi) is 3.46. The lowest BCUT2D eigenvalue weighted by Crippen LogP contribution is -2.33. The van der Waals surface area contributed by atoms with E-state index in [4.69, 9.17) is 18.7 Å². The number of hydrogen-bond acceptors (Lipinski definition) is 7. The van der Waals surface area contributed by atoms with Crippen molar-refractivity contribution in [3.63, 3.8) is 0 Å². The lowest BCUT2D eigenvalue weighted by Gasteiger charge is -2.25. The van der Waals surface area contributed by atoms with E-state index < -0.39 is 0 Å². The fourth-order valence-electron chi connectivity index (χ4n) is 4.32. The molecule has 7 nitrogen and oxygen atoms in total. The van der Waals surface area contributed by atoms with Crippen LogP contribution in [-0.2, 0) is 17.7 Å². The van der Waals surface area contributed by atoms with Crippen LogP contribution in [0.5, 0.6) is 11.5 Å². The van der Waals surface area contributed by atoms with E-state index in [1.54, 1.807) is 0 Å². The third-order valence-corrected chi connectivity index (χ3v) is 5.51. The van der Waals surface area contributed by atoms with Gasteiger partial charge in [0.25, 0.3) is 0 Å². The van der Waals surface area contributed by atoms with Crippen LogP contribution in [0.3, 0.4) is 0 Å². The molecule has 0 bridgehead atoms. The van der Waals surface area contributed by atoms with Gasteiger partial charge in [0.05, 0.1) is 13.2 Å². The van der Waals surface area contributed by atoms with Crippen molar-refractivity contribution in [1.29, 1.82) is 0 Å². The summed E-state index contributed by atoms with van der Waals surface area (Å²) in [5.74, 6) is 3.60. The zero-order valence-electron chi connectivity index (χ0n) is 14.2. The molecule has 1 aromatic heterocycles. The summed E-state index contributed by atoms with van der Waals surface area (Å²) in [7, 11) is 0. The van der Waals surface area contributed by atoms with Crippen LogP contribution in [-0.4, -0.2) is 48.1 Å². The second kappa shape index (κ2) is 5.71. The van der Waals surface area contributed by atoms with Gasteiger partial charge in [0.1, 0.15) is 0 Å². The predicted molar refractivity (Wildman–Crippen MR) is 87.3 cm³/mol. The number of ether oxygens (including phenoxy) is 3. The highest BCUT2D eigenvalue weighted by Gasteiger charge is 2.51. The van der Waals surface area contributed by atoms with Crippen molar-refractivity contribution >= 4 is 0 Å². The van der Waals surface area contributed by atoms with Crippen molar-refractivity contribution in [1.82, 2.24) is 15.0 Å². The first kappa shape index (κ1) is 15.2. The van der Waals surface area contributed by atoms with Gasteiger partial charge >= 0.3 is 0 Å². The smallest absolute Gasteiger partial charge is 0.231 e. The molecular formula is C18H21N3O4. The van der Waals surface area contributed by atoms with Gasteiger partial charge in [-0.1, -0.05) is 11.2 Å². The van der Waals surface area contributed by atoms with Crippen LogP contribution in [0.15, 0.2) is 22.7 Å².